The molecule has 34 heavy (non-hydrogen) atoms. The number of benzene rings is 4. The second-order valence-electron chi connectivity index (χ2n) is 7.47. The van der Waals surface area contributed by atoms with Gasteiger partial charge in [0.15, 0.2) is 0 Å². The van der Waals surface area contributed by atoms with Crippen LogP contribution >= 0.6 is 0 Å². The summed E-state index contributed by atoms with van der Waals surface area (Å²) < 4.78 is 5.61. The van der Waals surface area contributed by atoms with E-state index in [1.807, 2.05) is 55.5 Å². The fraction of sp³-hybridized carbons (Fsp3) is 0.0370. The Hall–Kier alpha value is -4.78. The molecule has 0 spiro atoms. The van der Waals surface area contributed by atoms with E-state index in [1.165, 1.54) is 6.21 Å². The number of hydrazone groups is 1. The van der Waals surface area contributed by atoms with E-state index in [1.54, 1.807) is 42.5 Å². The highest BCUT2D eigenvalue weighted by Crippen LogP contribution is 2.27. The number of carbonyl (C=O) groups is 3. The van der Waals surface area contributed by atoms with Crippen LogP contribution in [0.3, 0.4) is 0 Å². The minimum absolute atomic E-state index is 0.273. The maximum Gasteiger partial charge on any atom is 0.343 e. The molecular formula is C27H21N3O4. The van der Waals surface area contributed by atoms with Crippen molar-refractivity contribution in [3.63, 3.8) is 0 Å². The molecule has 0 atom stereocenters. The van der Waals surface area contributed by atoms with Gasteiger partial charge in [-0.05, 0) is 48.0 Å². The average molecular weight is 451 g/mol. The molecule has 0 unspecified atom stereocenters. The van der Waals surface area contributed by atoms with Crippen LogP contribution in [0.4, 0.5) is 5.69 Å². The van der Waals surface area contributed by atoms with Crippen molar-refractivity contribution < 1.29 is 19.1 Å². The third-order valence-electron chi connectivity index (χ3n) is 5.02. The van der Waals surface area contributed by atoms with Crippen molar-refractivity contribution in [2.24, 2.45) is 5.10 Å². The zero-order valence-electron chi connectivity index (χ0n) is 18.3. The number of rotatable bonds is 5. The molecule has 0 saturated carbocycles. The van der Waals surface area contributed by atoms with E-state index >= 15 is 0 Å². The molecule has 7 nitrogen and oxygen atoms in total. The van der Waals surface area contributed by atoms with E-state index < -0.39 is 17.8 Å². The van der Waals surface area contributed by atoms with Crippen molar-refractivity contribution in [2.75, 3.05) is 5.32 Å². The number of fused-ring (bicyclic) bond motifs is 1. The minimum Gasteiger partial charge on any atom is -0.422 e. The first kappa shape index (κ1) is 22.4. The van der Waals surface area contributed by atoms with Crippen LogP contribution in [0.1, 0.15) is 21.5 Å². The first-order valence-electron chi connectivity index (χ1n) is 10.5. The quantitative estimate of drug-likeness (QED) is 0.154. The van der Waals surface area contributed by atoms with E-state index in [2.05, 4.69) is 15.8 Å². The van der Waals surface area contributed by atoms with Crippen LogP contribution in [-0.2, 0) is 9.59 Å². The average Bonchev–Trinajstić information content (AvgIpc) is 2.86. The second kappa shape index (κ2) is 10.2. The maximum absolute atomic E-state index is 12.6. The van der Waals surface area contributed by atoms with Gasteiger partial charge in [0, 0.05) is 11.3 Å². The molecule has 2 amide bonds. The molecule has 0 fully saturated rings. The summed E-state index contributed by atoms with van der Waals surface area (Å²) in [5.41, 5.74) is 4.64. The molecule has 7 heteroatoms. The lowest BCUT2D eigenvalue weighted by Crippen LogP contribution is -2.32. The Labute approximate surface area is 196 Å². The Morgan fingerprint density at radius 2 is 1.50 bits per heavy atom. The highest BCUT2D eigenvalue weighted by atomic mass is 16.5. The van der Waals surface area contributed by atoms with E-state index in [0.717, 1.165) is 16.3 Å². The van der Waals surface area contributed by atoms with Gasteiger partial charge >= 0.3 is 17.8 Å². The number of anilines is 1. The lowest BCUT2D eigenvalue weighted by molar-refractivity contribution is -0.136. The highest BCUT2D eigenvalue weighted by molar-refractivity contribution is 6.39. The van der Waals surface area contributed by atoms with Crippen LogP contribution in [0.25, 0.3) is 10.8 Å². The number of hydrogen-bond donors (Lipinski definition) is 2. The number of amides is 2. The van der Waals surface area contributed by atoms with Crippen LogP contribution in [-0.4, -0.2) is 24.0 Å². The van der Waals surface area contributed by atoms with E-state index in [-0.39, 0.29) is 5.75 Å². The maximum atomic E-state index is 12.6. The van der Waals surface area contributed by atoms with Crippen molar-refractivity contribution in [3.8, 4) is 5.75 Å². The van der Waals surface area contributed by atoms with Gasteiger partial charge in [-0.15, -0.1) is 0 Å². The molecule has 0 aliphatic carbocycles. The fourth-order valence-corrected chi connectivity index (χ4v) is 3.26. The Kier molecular flexibility index (Phi) is 6.74. The van der Waals surface area contributed by atoms with Crippen molar-refractivity contribution in [2.45, 2.75) is 6.92 Å². The molecule has 168 valence electrons. The first-order chi connectivity index (χ1) is 16.5. The molecule has 0 saturated heterocycles. The van der Waals surface area contributed by atoms with Gasteiger partial charge in [0.2, 0.25) is 0 Å². The van der Waals surface area contributed by atoms with Crippen molar-refractivity contribution in [1.29, 1.82) is 0 Å². The summed E-state index contributed by atoms with van der Waals surface area (Å²) in [6.07, 6.45) is 1.35. The van der Waals surface area contributed by atoms with Crippen LogP contribution in [0, 0.1) is 6.92 Å². The van der Waals surface area contributed by atoms with Crippen LogP contribution < -0.4 is 15.5 Å². The molecular weight excluding hydrogens is 430 g/mol. The first-order valence-corrected chi connectivity index (χ1v) is 10.5. The number of esters is 1. The summed E-state index contributed by atoms with van der Waals surface area (Å²) in [7, 11) is 0. The van der Waals surface area contributed by atoms with Gasteiger partial charge in [0.1, 0.15) is 5.75 Å². The molecule has 4 aromatic rings. The second-order valence-corrected chi connectivity index (χ2v) is 7.47. The number of carbonyl (C=O) groups excluding carboxylic acids is 3. The van der Waals surface area contributed by atoms with Gasteiger partial charge in [-0.1, -0.05) is 66.2 Å². The summed E-state index contributed by atoms with van der Waals surface area (Å²) in [5, 5.41) is 8.10. The minimum atomic E-state index is -0.931. The molecule has 0 heterocycles. The van der Waals surface area contributed by atoms with Crippen molar-refractivity contribution in [1.82, 2.24) is 5.43 Å². The Balaban J connectivity index is 1.53. The van der Waals surface area contributed by atoms with Crippen LogP contribution in [0.15, 0.2) is 96.1 Å². The Bertz CT molecular complexity index is 1380. The van der Waals surface area contributed by atoms with Crippen LogP contribution in [0.2, 0.25) is 0 Å². The van der Waals surface area contributed by atoms with E-state index in [0.29, 0.717) is 16.8 Å². The molecule has 0 radical (unpaired) electrons. The summed E-state index contributed by atoms with van der Waals surface area (Å²) >= 11 is 0. The van der Waals surface area contributed by atoms with Crippen molar-refractivity contribution in [3.05, 3.63) is 108 Å². The highest BCUT2D eigenvalue weighted by Gasteiger charge is 2.15. The lowest BCUT2D eigenvalue weighted by Gasteiger charge is -2.10. The summed E-state index contributed by atoms with van der Waals surface area (Å²) in [5.74, 6) is -2.03. The van der Waals surface area contributed by atoms with E-state index in [9.17, 15) is 14.4 Å². The van der Waals surface area contributed by atoms with Gasteiger partial charge in [-0.3, -0.25) is 9.59 Å². The van der Waals surface area contributed by atoms with Crippen LogP contribution in [0.5, 0.6) is 5.75 Å². The number of hydrogen-bond acceptors (Lipinski definition) is 5. The fourth-order valence-electron chi connectivity index (χ4n) is 3.26. The Morgan fingerprint density at radius 3 is 2.26 bits per heavy atom. The van der Waals surface area contributed by atoms with Gasteiger partial charge < -0.3 is 10.1 Å². The number of nitrogens with one attached hydrogen (secondary N) is 2. The van der Waals surface area contributed by atoms with Gasteiger partial charge in [-0.25, -0.2) is 10.2 Å². The van der Waals surface area contributed by atoms with Gasteiger partial charge in [0.05, 0.1) is 11.8 Å². The SMILES string of the molecule is Cc1ccc(NC(=O)C(=O)N/N=C\c2c(OC(=O)c3ccccc3)ccc3ccccc23)cc1. The predicted molar refractivity (Wildman–Crippen MR) is 131 cm³/mol. The Morgan fingerprint density at radius 1 is 0.794 bits per heavy atom. The van der Waals surface area contributed by atoms with Crippen molar-refractivity contribution >= 4 is 40.5 Å². The van der Waals surface area contributed by atoms with Gasteiger partial charge in [-0.2, -0.15) is 5.10 Å². The molecule has 0 bridgehead atoms. The monoisotopic (exact) mass is 451 g/mol. The predicted octanol–water partition coefficient (Wildman–Crippen LogP) is 4.46. The molecule has 0 aliphatic heterocycles. The molecule has 4 aromatic carbocycles. The molecule has 2 N–H and O–H groups in total. The molecule has 0 aliphatic rings. The van der Waals surface area contributed by atoms with E-state index in [4.69, 9.17) is 4.74 Å². The van der Waals surface area contributed by atoms with Gasteiger partial charge in [0.25, 0.3) is 0 Å². The number of ether oxygens (including phenoxy) is 1. The summed E-state index contributed by atoms with van der Waals surface area (Å²) in [6, 6.07) is 26.6. The normalized spacial score (nSPS) is 10.7. The standard InChI is InChI=1S/C27H21N3O4/c1-18-11-14-21(15-12-18)29-25(31)26(32)30-28-17-23-22-10-6-5-7-19(22)13-16-24(23)34-27(33)20-8-3-2-4-9-20/h2-17H,1H3,(H,29,31)(H,30,32)/b28-17-. The topological polar surface area (TPSA) is 96.9 Å². The third kappa shape index (κ3) is 5.34. The third-order valence-corrected chi connectivity index (χ3v) is 5.02. The molecule has 0 aromatic heterocycles. The summed E-state index contributed by atoms with van der Waals surface area (Å²) in [6.45, 7) is 1.92. The summed E-state index contributed by atoms with van der Waals surface area (Å²) in [4.78, 5) is 36.9. The smallest absolute Gasteiger partial charge is 0.343 e. The number of nitrogens with zero attached hydrogens (tertiary/aromatic N) is 1. The largest absolute Gasteiger partial charge is 0.422 e. The number of aryl methyl sites for hydroxylation is 1. The zero-order valence-corrected chi connectivity index (χ0v) is 18.3. The molecule has 4 rings (SSSR count). The zero-order chi connectivity index (χ0) is 23.9. The lowest BCUT2D eigenvalue weighted by atomic mass is 10.0.